The summed E-state index contributed by atoms with van der Waals surface area (Å²) in [4.78, 5) is 12.8. The molecule has 0 spiro atoms. The summed E-state index contributed by atoms with van der Waals surface area (Å²) in [7, 11) is -6.09. The van der Waals surface area contributed by atoms with Crippen molar-refractivity contribution >= 4 is 53.3 Å². The molecule has 0 aromatic heterocycles. The van der Waals surface area contributed by atoms with E-state index in [1.54, 1.807) is 24.3 Å². The predicted octanol–water partition coefficient (Wildman–Crippen LogP) is 3.04. The molecule has 0 atom stereocenters. The van der Waals surface area contributed by atoms with Crippen LogP contribution in [0.1, 0.15) is 19.3 Å². The Labute approximate surface area is 203 Å². The number of rotatable bonds is 8. The number of halogens is 1. The highest BCUT2D eigenvalue weighted by Gasteiger charge is 2.27. The van der Waals surface area contributed by atoms with E-state index in [0.717, 1.165) is 29.8 Å². The smallest absolute Gasteiger partial charge is 0.245 e. The molecule has 1 fully saturated rings. The number of methoxy groups -OCH3 is 1. The molecule has 1 heterocycles. The molecular weight excluding hydrogens is 534 g/mol. The number of piperidine rings is 1. The number of amides is 1. The quantitative estimate of drug-likeness (QED) is 0.531. The number of hydrogen-bond acceptors (Lipinski definition) is 6. The highest BCUT2D eigenvalue weighted by Crippen LogP contribution is 2.30. The number of sulfonamides is 2. The molecule has 12 heteroatoms. The zero-order valence-corrected chi connectivity index (χ0v) is 21.5. The first kappa shape index (κ1) is 25.5. The van der Waals surface area contributed by atoms with Crippen molar-refractivity contribution in [3.05, 3.63) is 46.9 Å². The topological polar surface area (TPSA) is 113 Å². The fourth-order valence-corrected chi connectivity index (χ4v) is 6.33. The van der Waals surface area contributed by atoms with Gasteiger partial charge in [-0.3, -0.25) is 9.10 Å². The Morgan fingerprint density at radius 3 is 2.39 bits per heavy atom. The summed E-state index contributed by atoms with van der Waals surface area (Å²) < 4.78 is 59.1. The number of anilines is 2. The van der Waals surface area contributed by atoms with Crippen LogP contribution in [0.4, 0.5) is 11.4 Å². The zero-order chi connectivity index (χ0) is 24.2. The van der Waals surface area contributed by atoms with Gasteiger partial charge in [0.2, 0.25) is 26.0 Å². The molecule has 1 amide bonds. The fourth-order valence-electron chi connectivity index (χ4n) is 3.55. The first-order valence-corrected chi connectivity index (χ1v) is 14.3. The fraction of sp³-hybridized carbons (Fsp3) is 0.381. The maximum absolute atomic E-state index is 13.0. The summed E-state index contributed by atoms with van der Waals surface area (Å²) in [6.45, 7) is 0.402. The molecule has 0 saturated carbocycles. The van der Waals surface area contributed by atoms with Gasteiger partial charge in [-0.25, -0.2) is 16.8 Å². The highest BCUT2D eigenvalue weighted by atomic mass is 79.9. The average Bonchev–Trinajstić information content (AvgIpc) is 2.77. The molecule has 2 aromatic carbocycles. The van der Waals surface area contributed by atoms with Crippen molar-refractivity contribution < 1.29 is 26.4 Å². The predicted molar refractivity (Wildman–Crippen MR) is 131 cm³/mol. The second-order valence-electron chi connectivity index (χ2n) is 7.62. The van der Waals surface area contributed by atoms with Crippen molar-refractivity contribution in [1.29, 1.82) is 0 Å². The molecule has 2 aromatic rings. The number of hydrogen-bond donors (Lipinski definition) is 1. The van der Waals surface area contributed by atoms with E-state index in [-0.39, 0.29) is 16.3 Å². The molecule has 1 saturated heterocycles. The van der Waals surface area contributed by atoms with Crippen molar-refractivity contribution in [3.63, 3.8) is 0 Å². The molecule has 9 nitrogen and oxygen atoms in total. The number of benzene rings is 2. The van der Waals surface area contributed by atoms with E-state index in [2.05, 4.69) is 21.2 Å². The average molecular weight is 560 g/mol. The van der Waals surface area contributed by atoms with Gasteiger partial charge in [0, 0.05) is 17.6 Å². The Balaban J connectivity index is 1.86. The van der Waals surface area contributed by atoms with Crippen LogP contribution in [0, 0.1) is 0 Å². The minimum Gasteiger partial charge on any atom is -0.495 e. The zero-order valence-electron chi connectivity index (χ0n) is 18.3. The van der Waals surface area contributed by atoms with Crippen LogP contribution >= 0.6 is 15.9 Å². The van der Waals surface area contributed by atoms with E-state index in [1.165, 1.54) is 29.6 Å². The Bertz CT molecular complexity index is 1230. The van der Waals surface area contributed by atoms with E-state index in [4.69, 9.17) is 4.74 Å². The third-order valence-electron chi connectivity index (χ3n) is 5.18. The maximum atomic E-state index is 13.0. The van der Waals surface area contributed by atoms with E-state index in [0.29, 0.717) is 23.2 Å². The summed E-state index contributed by atoms with van der Waals surface area (Å²) in [5, 5.41) is 2.60. The number of carbonyl (C=O) groups excluding carboxylic acids is 1. The standard InChI is InChI=1S/C21H26BrN3O6S2/c1-31-20-10-9-18(33(29,30)24-11-4-3-5-12-24)14-19(20)23-21(26)15-25(32(2,27)28)17-8-6-7-16(22)13-17/h6-10,13-14H,3-5,11-12,15H2,1-2H3,(H,23,26). The number of ether oxygens (including phenoxy) is 1. The first-order chi connectivity index (χ1) is 15.5. The summed E-state index contributed by atoms with van der Waals surface area (Å²) in [6, 6.07) is 10.8. The summed E-state index contributed by atoms with van der Waals surface area (Å²) in [6.07, 6.45) is 3.60. The normalized spacial score (nSPS) is 15.1. The van der Waals surface area contributed by atoms with Gasteiger partial charge in [-0.15, -0.1) is 0 Å². The van der Waals surface area contributed by atoms with E-state index >= 15 is 0 Å². The molecule has 1 N–H and O–H groups in total. The van der Waals surface area contributed by atoms with Gasteiger partial charge in [0.25, 0.3) is 0 Å². The van der Waals surface area contributed by atoms with Gasteiger partial charge >= 0.3 is 0 Å². The summed E-state index contributed by atoms with van der Waals surface area (Å²) >= 11 is 3.30. The second kappa shape index (κ2) is 10.4. The van der Waals surface area contributed by atoms with Crippen LogP contribution < -0.4 is 14.4 Å². The van der Waals surface area contributed by atoms with Gasteiger partial charge in [-0.05, 0) is 49.2 Å². The minimum absolute atomic E-state index is 0.0347. The molecule has 1 aliphatic rings. The van der Waals surface area contributed by atoms with E-state index < -0.39 is 32.5 Å². The van der Waals surface area contributed by atoms with Crippen molar-refractivity contribution in [2.24, 2.45) is 0 Å². The molecule has 180 valence electrons. The third kappa shape index (κ3) is 6.25. The van der Waals surface area contributed by atoms with Crippen LogP contribution in [0.3, 0.4) is 0 Å². The lowest BCUT2D eigenvalue weighted by atomic mass is 10.2. The Morgan fingerprint density at radius 2 is 1.79 bits per heavy atom. The SMILES string of the molecule is COc1ccc(S(=O)(=O)N2CCCCC2)cc1NC(=O)CN(c1cccc(Br)c1)S(C)(=O)=O. The molecule has 0 aliphatic carbocycles. The van der Waals surface area contributed by atoms with Gasteiger partial charge < -0.3 is 10.1 Å². The van der Waals surface area contributed by atoms with Gasteiger partial charge in [0.05, 0.1) is 29.6 Å². The number of nitrogens with one attached hydrogen (secondary N) is 1. The van der Waals surface area contributed by atoms with E-state index in [1.807, 2.05) is 0 Å². The number of nitrogens with zero attached hydrogens (tertiary/aromatic N) is 2. The lowest BCUT2D eigenvalue weighted by molar-refractivity contribution is -0.114. The van der Waals surface area contributed by atoms with Crippen molar-refractivity contribution in [1.82, 2.24) is 4.31 Å². The molecule has 0 unspecified atom stereocenters. The van der Waals surface area contributed by atoms with Crippen LogP contribution in [0.2, 0.25) is 0 Å². The lowest BCUT2D eigenvalue weighted by Crippen LogP contribution is -2.37. The van der Waals surface area contributed by atoms with Crippen molar-refractivity contribution in [2.75, 3.05) is 42.6 Å². The molecule has 3 rings (SSSR count). The summed E-state index contributed by atoms with van der Waals surface area (Å²) in [5.74, 6) is -0.388. The maximum Gasteiger partial charge on any atom is 0.245 e. The lowest BCUT2D eigenvalue weighted by Gasteiger charge is -2.26. The van der Waals surface area contributed by atoms with Crippen LogP contribution in [0.25, 0.3) is 0 Å². The Kier molecular flexibility index (Phi) is 8.04. The minimum atomic E-state index is -3.77. The Hall–Kier alpha value is -2.15. The van der Waals surface area contributed by atoms with Crippen molar-refractivity contribution in [2.45, 2.75) is 24.2 Å². The summed E-state index contributed by atoms with van der Waals surface area (Å²) in [5.41, 5.74) is 0.457. The van der Waals surface area contributed by atoms with Gasteiger partial charge in [-0.2, -0.15) is 4.31 Å². The third-order valence-corrected chi connectivity index (χ3v) is 8.71. The molecule has 0 bridgehead atoms. The van der Waals surface area contributed by atoms with Crippen LogP contribution in [0.15, 0.2) is 51.8 Å². The van der Waals surface area contributed by atoms with Crippen molar-refractivity contribution in [3.8, 4) is 5.75 Å². The molecular formula is C21H26BrN3O6S2. The highest BCUT2D eigenvalue weighted by molar-refractivity contribution is 9.10. The van der Waals surface area contributed by atoms with Gasteiger partial charge in [0.1, 0.15) is 12.3 Å². The largest absolute Gasteiger partial charge is 0.495 e. The van der Waals surface area contributed by atoms with Crippen LogP contribution in [-0.2, 0) is 24.8 Å². The number of carbonyl (C=O) groups is 1. The van der Waals surface area contributed by atoms with E-state index in [9.17, 15) is 21.6 Å². The molecule has 0 radical (unpaired) electrons. The second-order valence-corrected chi connectivity index (χ2v) is 12.4. The van der Waals surface area contributed by atoms with Crippen LogP contribution in [0.5, 0.6) is 5.75 Å². The molecule has 33 heavy (non-hydrogen) atoms. The Morgan fingerprint density at radius 1 is 1.09 bits per heavy atom. The van der Waals surface area contributed by atoms with Gasteiger partial charge in [0.15, 0.2) is 0 Å². The molecule has 1 aliphatic heterocycles. The monoisotopic (exact) mass is 559 g/mol. The first-order valence-electron chi connectivity index (χ1n) is 10.2. The van der Waals surface area contributed by atoms with Crippen LogP contribution in [-0.4, -0.2) is 60.0 Å². The van der Waals surface area contributed by atoms with Gasteiger partial charge in [-0.1, -0.05) is 28.4 Å².